The Morgan fingerprint density at radius 1 is 0.909 bits per heavy atom. The predicted octanol–water partition coefficient (Wildman–Crippen LogP) is 4.24. The predicted molar refractivity (Wildman–Crippen MR) is 98.1 cm³/mol. The summed E-state index contributed by atoms with van der Waals surface area (Å²) in [6, 6.07) is 22.2. The van der Waals surface area contributed by atoms with Crippen molar-refractivity contribution in [3.05, 3.63) is 84.5 Å². The van der Waals surface area contributed by atoms with Crippen molar-refractivity contribution in [2.75, 3.05) is 7.05 Å². The van der Waals surface area contributed by atoms with Crippen LogP contribution >= 0.6 is 8.07 Å². The lowest BCUT2D eigenvalue weighted by molar-refractivity contribution is 0.475. The summed E-state index contributed by atoms with van der Waals surface area (Å²) in [6.07, 6.45) is 7.77. The van der Waals surface area contributed by atoms with Crippen LogP contribution in [0.2, 0.25) is 0 Å². The van der Waals surface area contributed by atoms with Crippen LogP contribution in [-0.4, -0.2) is 17.8 Å². The third kappa shape index (κ3) is 3.21. The van der Waals surface area contributed by atoms with Crippen molar-refractivity contribution in [2.45, 2.75) is 19.4 Å². The van der Waals surface area contributed by atoms with E-state index in [9.17, 15) is 0 Å². The van der Waals surface area contributed by atoms with Gasteiger partial charge in [-0.2, -0.15) is 0 Å². The van der Waals surface area contributed by atoms with Gasteiger partial charge in [0.25, 0.3) is 0 Å². The highest BCUT2D eigenvalue weighted by atomic mass is 31.1. The smallest absolute Gasteiger partial charge is 0.0324 e. The van der Waals surface area contributed by atoms with Gasteiger partial charge in [-0.1, -0.05) is 78.9 Å². The van der Waals surface area contributed by atoms with Gasteiger partial charge in [-0.05, 0) is 36.6 Å². The molecular formula is C20H22NP. The average Bonchev–Trinajstić information content (AvgIpc) is 3.11. The summed E-state index contributed by atoms with van der Waals surface area (Å²) in [7, 11) is 1.76. The second-order valence-electron chi connectivity index (χ2n) is 5.61. The first-order chi connectivity index (χ1) is 10.8. The minimum atomic E-state index is -0.503. The second-order valence-corrected chi connectivity index (χ2v) is 7.89. The Kier molecular flexibility index (Phi) is 4.87. The first-order valence-electron chi connectivity index (χ1n) is 7.76. The molecule has 0 aromatic heterocycles. The Morgan fingerprint density at radius 3 is 1.91 bits per heavy atom. The molecule has 3 rings (SSSR count). The zero-order valence-corrected chi connectivity index (χ0v) is 14.1. The van der Waals surface area contributed by atoms with Gasteiger partial charge in [-0.15, -0.1) is 0 Å². The summed E-state index contributed by atoms with van der Waals surface area (Å²) in [6.45, 7) is 2.32. The molecule has 2 heteroatoms. The van der Waals surface area contributed by atoms with Crippen molar-refractivity contribution in [1.29, 1.82) is 0 Å². The van der Waals surface area contributed by atoms with Crippen LogP contribution in [0.5, 0.6) is 0 Å². The Hall–Kier alpha value is -1.69. The molecule has 0 radical (unpaired) electrons. The fourth-order valence-electron chi connectivity index (χ4n) is 2.84. The normalized spacial score (nSPS) is 15.4. The van der Waals surface area contributed by atoms with Crippen molar-refractivity contribution in [1.82, 2.24) is 4.67 Å². The summed E-state index contributed by atoms with van der Waals surface area (Å²) >= 11 is 0. The molecule has 0 heterocycles. The molecule has 1 aliphatic rings. The average molecular weight is 307 g/mol. The van der Waals surface area contributed by atoms with E-state index in [1.807, 2.05) is 0 Å². The van der Waals surface area contributed by atoms with E-state index in [4.69, 9.17) is 0 Å². The number of nitrogens with zero attached hydrogens (tertiary/aromatic N) is 1. The Bertz CT molecular complexity index is 621. The van der Waals surface area contributed by atoms with Crippen LogP contribution in [0.4, 0.5) is 0 Å². The maximum absolute atomic E-state index is 2.54. The molecular weight excluding hydrogens is 285 g/mol. The van der Waals surface area contributed by atoms with Gasteiger partial charge < -0.3 is 0 Å². The van der Waals surface area contributed by atoms with Gasteiger partial charge in [-0.3, -0.25) is 4.67 Å². The molecule has 1 atom stereocenters. The van der Waals surface area contributed by atoms with Gasteiger partial charge in [0.15, 0.2) is 0 Å². The van der Waals surface area contributed by atoms with E-state index in [0.717, 1.165) is 6.42 Å². The summed E-state index contributed by atoms with van der Waals surface area (Å²) in [5.41, 5.74) is 1.50. The van der Waals surface area contributed by atoms with Crippen molar-refractivity contribution in [3.8, 4) is 0 Å². The molecule has 0 unspecified atom stereocenters. The van der Waals surface area contributed by atoms with Gasteiger partial charge in [0.05, 0.1) is 0 Å². The molecule has 22 heavy (non-hydrogen) atoms. The topological polar surface area (TPSA) is 3.24 Å². The lowest BCUT2D eigenvalue weighted by atomic mass is 10.1. The van der Waals surface area contributed by atoms with E-state index in [-0.39, 0.29) is 0 Å². The Labute approximate surface area is 134 Å². The van der Waals surface area contributed by atoms with Crippen molar-refractivity contribution in [3.63, 3.8) is 0 Å². The lowest BCUT2D eigenvalue weighted by Gasteiger charge is -2.34. The van der Waals surface area contributed by atoms with Gasteiger partial charge >= 0.3 is 0 Å². The molecule has 0 spiro atoms. The molecule has 0 N–H and O–H groups in total. The number of hydrogen-bond acceptors (Lipinski definition) is 1. The third-order valence-corrected chi connectivity index (χ3v) is 6.77. The van der Waals surface area contributed by atoms with Crippen LogP contribution < -0.4 is 10.6 Å². The standard InChI is InChI=1S/C20H22NP/c1-17(18-11-9-10-12-18)21(2)22(19-13-5-3-6-14-19)20-15-7-4-8-16-20/h3-11,13-17H,12H2,1-2H3/t17-/m1/s1. The number of hydrogen-bond donors (Lipinski definition) is 0. The van der Waals surface area contributed by atoms with Crippen LogP contribution in [0.3, 0.4) is 0 Å². The molecule has 0 bridgehead atoms. The summed E-state index contributed by atoms with van der Waals surface area (Å²) < 4.78 is 2.54. The summed E-state index contributed by atoms with van der Waals surface area (Å²) in [5.74, 6) is 0. The minimum Gasteiger partial charge on any atom is -0.271 e. The molecule has 0 saturated carbocycles. The molecule has 1 aliphatic carbocycles. The van der Waals surface area contributed by atoms with Gasteiger partial charge in [0, 0.05) is 14.1 Å². The highest BCUT2D eigenvalue weighted by Gasteiger charge is 2.25. The molecule has 112 valence electrons. The van der Waals surface area contributed by atoms with E-state index >= 15 is 0 Å². The fraction of sp³-hybridized carbons (Fsp3) is 0.200. The van der Waals surface area contributed by atoms with Crippen molar-refractivity contribution < 1.29 is 0 Å². The third-order valence-electron chi connectivity index (χ3n) is 4.21. The highest BCUT2D eigenvalue weighted by Crippen LogP contribution is 2.40. The molecule has 0 fully saturated rings. The first-order valence-corrected chi connectivity index (χ1v) is 9.05. The highest BCUT2D eigenvalue weighted by molar-refractivity contribution is 7.70. The second kappa shape index (κ2) is 7.05. The largest absolute Gasteiger partial charge is 0.271 e. The zero-order chi connectivity index (χ0) is 15.4. The molecule has 0 saturated heterocycles. The molecule has 2 aromatic rings. The van der Waals surface area contributed by atoms with Crippen LogP contribution in [0.25, 0.3) is 0 Å². The zero-order valence-electron chi connectivity index (χ0n) is 13.2. The fourth-order valence-corrected chi connectivity index (χ4v) is 5.27. The van der Waals surface area contributed by atoms with Crippen molar-refractivity contribution >= 4 is 18.7 Å². The van der Waals surface area contributed by atoms with Crippen LogP contribution in [-0.2, 0) is 0 Å². The molecule has 0 amide bonds. The van der Waals surface area contributed by atoms with Gasteiger partial charge in [0.2, 0.25) is 0 Å². The SMILES string of the molecule is C[C@H](C1=CC=CC1)N(C)P(c1ccccc1)c1ccccc1. The van der Waals surface area contributed by atoms with E-state index in [2.05, 4.69) is 97.5 Å². The maximum atomic E-state index is 2.54. The van der Waals surface area contributed by atoms with Gasteiger partial charge in [0.1, 0.15) is 0 Å². The quantitative estimate of drug-likeness (QED) is 0.747. The molecule has 2 aromatic carbocycles. The molecule has 1 nitrogen and oxygen atoms in total. The van der Waals surface area contributed by atoms with Crippen LogP contribution in [0, 0.1) is 0 Å². The van der Waals surface area contributed by atoms with E-state index < -0.39 is 8.07 Å². The Morgan fingerprint density at radius 2 is 1.45 bits per heavy atom. The number of allylic oxidation sites excluding steroid dienone is 3. The van der Waals surface area contributed by atoms with E-state index in [0.29, 0.717) is 6.04 Å². The first kappa shape index (κ1) is 15.2. The number of rotatable bonds is 5. The van der Waals surface area contributed by atoms with Crippen LogP contribution in [0.15, 0.2) is 84.5 Å². The van der Waals surface area contributed by atoms with Crippen LogP contribution in [0.1, 0.15) is 13.3 Å². The number of likely N-dealkylation sites (N-methyl/N-ethyl adjacent to an activating group) is 1. The summed E-state index contributed by atoms with van der Waals surface area (Å²) in [4.78, 5) is 0. The summed E-state index contributed by atoms with van der Waals surface area (Å²) in [5, 5.41) is 2.81. The lowest BCUT2D eigenvalue weighted by Crippen LogP contribution is -2.33. The van der Waals surface area contributed by atoms with E-state index in [1.165, 1.54) is 16.2 Å². The van der Waals surface area contributed by atoms with Crippen molar-refractivity contribution in [2.24, 2.45) is 0 Å². The molecule has 0 aliphatic heterocycles. The minimum absolute atomic E-state index is 0.446. The maximum Gasteiger partial charge on any atom is 0.0324 e. The Balaban J connectivity index is 1.95. The van der Waals surface area contributed by atoms with Gasteiger partial charge in [-0.25, -0.2) is 0 Å². The monoisotopic (exact) mass is 307 g/mol. The number of benzene rings is 2. The van der Waals surface area contributed by atoms with E-state index in [1.54, 1.807) is 0 Å².